The molecule has 0 fully saturated rings. The second-order valence-electron chi connectivity index (χ2n) is 5.98. The monoisotopic (exact) mass is 262 g/mol. The van der Waals surface area contributed by atoms with Crippen LogP contribution < -0.4 is 10.6 Å². The van der Waals surface area contributed by atoms with Gasteiger partial charge in [0.2, 0.25) is 0 Å². The summed E-state index contributed by atoms with van der Waals surface area (Å²) in [6, 6.07) is 9.04. The summed E-state index contributed by atoms with van der Waals surface area (Å²) in [6.07, 6.45) is 3.34. The van der Waals surface area contributed by atoms with Crippen LogP contribution in [0.4, 0.5) is 5.69 Å². The summed E-state index contributed by atoms with van der Waals surface area (Å²) < 4.78 is 5.57. The Hall–Kier alpha value is -1.06. The number of aryl methyl sites for hydroxylation is 1. The minimum Gasteiger partial charge on any atom is -0.379 e. The molecule has 3 nitrogen and oxygen atoms in total. The first kappa shape index (κ1) is 14.4. The highest BCUT2D eigenvalue weighted by Gasteiger charge is 2.28. The molecule has 0 aromatic heterocycles. The van der Waals surface area contributed by atoms with E-state index >= 15 is 0 Å². The average Bonchev–Trinajstić information content (AvgIpc) is 2.44. The number of ether oxygens (including phenoxy) is 1. The van der Waals surface area contributed by atoms with E-state index in [4.69, 9.17) is 10.5 Å². The molecule has 19 heavy (non-hydrogen) atoms. The Bertz CT molecular complexity index is 417. The molecule has 106 valence electrons. The van der Waals surface area contributed by atoms with Crippen molar-refractivity contribution in [3.63, 3.8) is 0 Å². The predicted octanol–water partition coefficient (Wildman–Crippen LogP) is 2.58. The SMILES string of the molecule is COC(C)(C)CC(CN)N1CCCc2ccccc21. The fourth-order valence-corrected chi connectivity index (χ4v) is 2.91. The zero-order valence-electron chi connectivity index (χ0n) is 12.4. The molecule has 1 unspecified atom stereocenters. The number of fused-ring (bicyclic) bond motifs is 1. The Balaban J connectivity index is 2.20. The van der Waals surface area contributed by atoms with Crippen LogP contribution in [-0.4, -0.2) is 31.8 Å². The summed E-state index contributed by atoms with van der Waals surface area (Å²) in [5, 5.41) is 0. The van der Waals surface area contributed by atoms with Crippen molar-refractivity contribution in [3.05, 3.63) is 29.8 Å². The van der Waals surface area contributed by atoms with Crippen LogP contribution in [0.5, 0.6) is 0 Å². The van der Waals surface area contributed by atoms with E-state index in [9.17, 15) is 0 Å². The van der Waals surface area contributed by atoms with Crippen LogP contribution in [-0.2, 0) is 11.2 Å². The first-order valence-electron chi connectivity index (χ1n) is 7.17. The number of para-hydroxylation sites is 1. The summed E-state index contributed by atoms with van der Waals surface area (Å²) >= 11 is 0. The number of hydrogen-bond donors (Lipinski definition) is 1. The van der Waals surface area contributed by atoms with Gasteiger partial charge in [0.25, 0.3) is 0 Å². The molecule has 0 aliphatic carbocycles. The number of methoxy groups -OCH3 is 1. The zero-order valence-corrected chi connectivity index (χ0v) is 12.4. The van der Waals surface area contributed by atoms with Crippen LogP contribution >= 0.6 is 0 Å². The number of anilines is 1. The summed E-state index contributed by atoms with van der Waals surface area (Å²) in [7, 11) is 1.78. The number of nitrogens with zero attached hydrogens (tertiary/aromatic N) is 1. The second kappa shape index (κ2) is 5.93. The highest BCUT2D eigenvalue weighted by Crippen LogP contribution is 2.30. The van der Waals surface area contributed by atoms with Gasteiger partial charge in [0.15, 0.2) is 0 Å². The maximum Gasteiger partial charge on any atom is 0.0642 e. The Kier molecular flexibility index (Phi) is 4.48. The van der Waals surface area contributed by atoms with E-state index in [2.05, 4.69) is 43.0 Å². The van der Waals surface area contributed by atoms with Gasteiger partial charge in [0.05, 0.1) is 5.60 Å². The van der Waals surface area contributed by atoms with Crippen molar-refractivity contribution < 1.29 is 4.74 Å². The summed E-state index contributed by atoms with van der Waals surface area (Å²) in [4.78, 5) is 2.47. The smallest absolute Gasteiger partial charge is 0.0642 e. The predicted molar refractivity (Wildman–Crippen MR) is 80.7 cm³/mol. The van der Waals surface area contributed by atoms with Crippen molar-refractivity contribution in [1.82, 2.24) is 0 Å². The molecule has 2 N–H and O–H groups in total. The van der Waals surface area contributed by atoms with Crippen molar-refractivity contribution in [1.29, 1.82) is 0 Å². The third kappa shape index (κ3) is 3.28. The maximum absolute atomic E-state index is 6.03. The fourth-order valence-electron chi connectivity index (χ4n) is 2.91. The van der Waals surface area contributed by atoms with E-state index in [1.54, 1.807) is 7.11 Å². The number of hydrogen-bond acceptors (Lipinski definition) is 3. The Labute approximate surface area is 116 Å². The molecule has 1 aromatic rings. The molecule has 3 heteroatoms. The van der Waals surface area contributed by atoms with E-state index in [1.165, 1.54) is 24.1 Å². The van der Waals surface area contributed by atoms with E-state index in [0.717, 1.165) is 13.0 Å². The van der Waals surface area contributed by atoms with Crippen LogP contribution in [0.25, 0.3) is 0 Å². The minimum absolute atomic E-state index is 0.129. The number of nitrogens with two attached hydrogens (primary N) is 1. The van der Waals surface area contributed by atoms with E-state index in [1.807, 2.05) is 0 Å². The highest BCUT2D eigenvalue weighted by atomic mass is 16.5. The lowest BCUT2D eigenvalue weighted by molar-refractivity contribution is 0.00997. The molecule has 0 saturated heterocycles. The second-order valence-corrected chi connectivity index (χ2v) is 5.98. The Morgan fingerprint density at radius 3 is 2.79 bits per heavy atom. The number of rotatable bonds is 5. The third-order valence-electron chi connectivity index (χ3n) is 4.14. The summed E-state index contributed by atoms with van der Waals surface area (Å²) in [5.41, 5.74) is 8.70. The van der Waals surface area contributed by atoms with E-state index < -0.39 is 0 Å². The van der Waals surface area contributed by atoms with E-state index in [0.29, 0.717) is 12.6 Å². The fraction of sp³-hybridized carbons (Fsp3) is 0.625. The van der Waals surface area contributed by atoms with Crippen LogP contribution in [0.1, 0.15) is 32.3 Å². The largest absolute Gasteiger partial charge is 0.379 e. The van der Waals surface area contributed by atoms with Gasteiger partial charge in [0, 0.05) is 31.9 Å². The normalized spacial score (nSPS) is 17.2. The molecular formula is C16H26N2O. The molecule has 1 aliphatic rings. The molecule has 1 heterocycles. The van der Waals surface area contributed by atoms with Crippen LogP contribution in [0, 0.1) is 0 Å². The van der Waals surface area contributed by atoms with Gasteiger partial charge in [-0.2, -0.15) is 0 Å². The van der Waals surface area contributed by atoms with Gasteiger partial charge in [-0.1, -0.05) is 18.2 Å². The first-order valence-corrected chi connectivity index (χ1v) is 7.17. The Morgan fingerprint density at radius 1 is 1.37 bits per heavy atom. The van der Waals surface area contributed by atoms with Crippen molar-refractivity contribution >= 4 is 5.69 Å². The molecule has 1 atom stereocenters. The van der Waals surface area contributed by atoms with Crippen LogP contribution in [0.3, 0.4) is 0 Å². The van der Waals surface area contributed by atoms with Gasteiger partial charge in [-0.3, -0.25) is 0 Å². The molecule has 0 radical (unpaired) electrons. The standard InChI is InChI=1S/C16H26N2O/c1-16(2,19-3)11-14(12-17)18-10-6-8-13-7-4-5-9-15(13)18/h4-5,7,9,14H,6,8,10-12,17H2,1-3H3. The molecule has 0 saturated carbocycles. The first-order chi connectivity index (χ1) is 9.07. The molecule has 1 aliphatic heterocycles. The molecule has 1 aromatic carbocycles. The lowest BCUT2D eigenvalue weighted by Gasteiger charge is -2.40. The average molecular weight is 262 g/mol. The summed E-state index contributed by atoms with van der Waals surface area (Å²) in [5.74, 6) is 0. The minimum atomic E-state index is -0.129. The van der Waals surface area contributed by atoms with Crippen molar-refractivity contribution in [2.24, 2.45) is 5.73 Å². The van der Waals surface area contributed by atoms with Gasteiger partial charge in [-0.05, 0) is 44.7 Å². The van der Waals surface area contributed by atoms with Crippen LogP contribution in [0.2, 0.25) is 0 Å². The number of benzene rings is 1. The maximum atomic E-state index is 6.03. The van der Waals surface area contributed by atoms with Gasteiger partial charge >= 0.3 is 0 Å². The topological polar surface area (TPSA) is 38.5 Å². The lowest BCUT2D eigenvalue weighted by Crippen LogP contribution is -2.47. The molecule has 0 bridgehead atoms. The van der Waals surface area contributed by atoms with Gasteiger partial charge in [-0.15, -0.1) is 0 Å². The van der Waals surface area contributed by atoms with Crippen molar-refractivity contribution in [2.75, 3.05) is 25.1 Å². The zero-order chi connectivity index (χ0) is 13.9. The Morgan fingerprint density at radius 2 is 2.11 bits per heavy atom. The quantitative estimate of drug-likeness (QED) is 0.886. The van der Waals surface area contributed by atoms with Crippen molar-refractivity contribution in [3.8, 4) is 0 Å². The summed E-state index contributed by atoms with van der Waals surface area (Å²) in [6.45, 7) is 6.02. The van der Waals surface area contributed by atoms with Gasteiger partial charge < -0.3 is 15.4 Å². The van der Waals surface area contributed by atoms with Gasteiger partial charge in [-0.25, -0.2) is 0 Å². The molecule has 0 amide bonds. The van der Waals surface area contributed by atoms with Crippen LogP contribution in [0.15, 0.2) is 24.3 Å². The van der Waals surface area contributed by atoms with E-state index in [-0.39, 0.29) is 5.60 Å². The molecular weight excluding hydrogens is 236 g/mol. The highest BCUT2D eigenvalue weighted by molar-refractivity contribution is 5.56. The van der Waals surface area contributed by atoms with Crippen molar-refractivity contribution in [2.45, 2.75) is 44.8 Å². The third-order valence-corrected chi connectivity index (χ3v) is 4.14. The molecule has 2 rings (SSSR count). The van der Waals surface area contributed by atoms with Gasteiger partial charge in [0.1, 0.15) is 0 Å². The lowest BCUT2D eigenvalue weighted by atomic mass is 9.94. The molecule has 0 spiro atoms.